The number of nitrogens with zero attached hydrogens (tertiary/aromatic N) is 3. The van der Waals surface area contributed by atoms with E-state index in [1.165, 1.54) is 18.3 Å². The fourth-order valence-corrected chi connectivity index (χ4v) is 2.24. The molecule has 0 saturated carbocycles. The minimum absolute atomic E-state index is 0.0458. The van der Waals surface area contributed by atoms with Gasteiger partial charge in [-0.3, -0.25) is 10.1 Å². The van der Waals surface area contributed by atoms with Crippen molar-refractivity contribution < 1.29 is 9.66 Å². The van der Waals surface area contributed by atoms with E-state index in [-0.39, 0.29) is 22.9 Å². The molecule has 0 radical (unpaired) electrons. The van der Waals surface area contributed by atoms with Crippen molar-refractivity contribution in [2.45, 2.75) is 0 Å². The fraction of sp³-hybridized carbons (Fsp3) is 0. The predicted octanol–water partition coefficient (Wildman–Crippen LogP) is 3.91. The summed E-state index contributed by atoms with van der Waals surface area (Å²) >= 11 is 7.57. The van der Waals surface area contributed by atoms with Crippen LogP contribution in [0, 0.1) is 25.0 Å². The first kappa shape index (κ1) is 14.5. The highest BCUT2D eigenvalue weighted by molar-refractivity contribution is 14.1. The van der Waals surface area contributed by atoms with Crippen molar-refractivity contribution in [3.05, 3.63) is 54.7 Å². The summed E-state index contributed by atoms with van der Waals surface area (Å²) in [5.41, 5.74) is -0.0947. The summed E-state index contributed by atoms with van der Waals surface area (Å²) in [4.78, 5) is 14.4. The van der Waals surface area contributed by atoms with Crippen molar-refractivity contribution in [3.8, 4) is 17.7 Å². The van der Waals surface area contributed by atoms with Gasteiger partial charge in [-0.15, -0.1) is 0 Å². The highest BCUT2D eigenvalue weighted by Crippen LogP contribution is 2.36. The molecule has 100 valence electrons. The maximum atomic E-state index is 11.1. The molecule has 1 aromatic carbocycles. The highest BCUT2D eigenvalue weighted by Gasteiger charge is 2.21. The van der Waals surface area contributed by atoms with Crippen LogP contribution in [0.3, 0.4) is 0 Å². The lowest BCUT2D eigenvalue weighted by Gasteiger charge is -2.07. The summed E-state index contributed by atoms with van der Waals surface area (Å²) in [5, 5.41) is 20.3. The minimum atomic E-state index is -0.603. The van der Waals surface area contributed by atoms with Crippen LogP contribution in [0.4, 0.5) is 5.69 Å². The number of benzene rings is 1. The van der Waals surface area contributed by atoms with Gasteiger partial charge < -0.3 is 4.74 Å². The Hall–Kier alpha value is -1.92. The lowest BCUT2D eigenvalue weighted by molar-refractivity contribution is -0.385. The molecule has 0 unspecified atom stereocenters. The number of hydrogen-bond acceptors (Lipinski definition) is 5. The number of nitro benzene ring substituents is 1. The number of nitriles is 1. The number of hydrogen-bond donors (Lipinski definition) is 0. The van der Waals surface area contributed by atoms with Gasteiger partial charge in [0.05, 0.1) is 25.1 Å². The molecule has 1 aromatic heterocycles. The van der Waals surface area contributed by atoms with Gasteiger partial charge in [-0.25, -0.2) is 4.98 Å². The van der Waals surface area contributed by atoms with Gasteiger partial charge >= 0.3 is 5.69 Å². The van der Waals surface area contributed by atoms with Crippen LogP contribution >= 0.6 is 34.2 Å². The predicted molar refractivity (Wildman–Crippen MR) is 79.8 cm³/mol. The normalized spacial score (nSPS) is 9.85. The number of aromatic nitrogens is 1. The standard InChI is InChI=1S/C12H5ClIN3O3/c13-8-1-2-11(16-6-8)20-12-9(14)3-7(5-15)4-10(12)17(18)19/h1-4,6H. The van der Waals surface area contributed by atoms with Gasteiger partial charge in [-0.1, -0.05) is 11.6 Å². The zero-order valence-corrected chi connectivity index (χ0v) is 12.6. The van der Waals surface area contributed by atoms with Crippen LogP contribution < -0.4 is 4.74 Å². The van der Waals surface area contributed by atoms with Crippen LogP contribution in [0.25, 0.3) is 0 Å². The molecular weight excluding hydrogens is 397 g/mol. The summed E-state index contributed by atoms with van der Waals surface area (Å²) in [7, 11) is 0. The van der Waals surface area contributed by atoms with E-state index < -0.39 is 4.92 Å². The molecule has 0 spiro atoms. The molecule has 0 N–H and O–H groups in total. The topological polar surface area (TPSA) is 89.0 Å². The van der Waals surface area contributed by atoms with Gasteiger partial charge in [-0.2, -0.15) is 5.26 Å². The average molecular weight is 402 g/mol. The summed E-state index contributed by atoms with van der Waals surface area (Å²) in [5.74, 6) is 0.226. The van der Waals surface area contributed by atoms with Crippen molar-refractivity contribution in [1.29, 1.82) is 5.26 Å². The van der Waals surface area contributed by atoms with Crippen LogP contribution in [-0.2, 0) is 0 Å². The molecule has 20 heavy (non-hydrogen) atoms. The lowest BCUT2D eigenvalue weighted by atomic mass is 10.2. The van der Waals surface area contributed by atoms with E-state index in [0.29, 0.717) is 8.59 Å². The molecule has 2 rings (SSSR count). The summed E-state index contributed by atoms with van der Waals surface area (Å²) in [6.07, 6.45) is 1.37. The largest absolute Gasteiger partial charge is 0.431 e. The molecule has 0 atom stereocenters. The van der Waals surface area contributed by atoms with Crippen LogP contribution in [0.15, 0.2) is 30.5 Å². The summed E-state index contributed by atoms with van der Waals surface area (Å²) in [6, 6.07) is 7.58. The Morgan fingerprint density at radius 3 is 2.75 bits per heavy atom. The summed E-state index contributed by atoms with van der Waals surface area (Å²) < 4.78 is 5.88. The van der Waals surface area contributed by atoms with Crippen molar-refractivity contribution >= 4 is 39.9 Å². The van der Waals surface area contributed by atoms with Crippen LogP contribution in [0.2, 0.25) is 5.02 Å². The third-order valence-corrected chi connectivity index (χ3v) is 3.28. The van der Waals surface area contributed by atoms with E-state index in [0.717, 1.165) is 6.07 Å². The lowest BCUT2D eigenvalue weighted by Crippen LogP contribution is -1.98. The van der Waals surface area contributed by atoms with E-state index in [9.17, 15) is 10.1 Å². The first-order valence-electron chi connectivity index (χ1n) is 5.18. The average Bonchev–Trinajstić information content (AvgIpc) is 2.42. The number of nitro groups is 1. The Bertz CT molecular complexity index is 713. The zero-order chi connectivity index (χ0) is 14.7. The Balaban J connectivity index is 2.48. The Morgan fingerprint density at radius 2 is 2.20 bits per heavy atom. The van der Waals surface area contributed by atoms with Gasteiger partial charge in [0.1, 0.15) is 0 Å². The Morgan fingerprint density at radius 1 is 1.45 bits per heavy atom. The SMILES string of the molecule is N#Cc1cc(I)c(Oc2ccc(Cl)cn2)c([N+](=O)[O-])c1. The quantitative estimate of drug-likeness (QED) is 0.442. The first-order valence-corrected chi connectivity index (χ1v) is 6.64. The zero-order valence-electron chi connectivity index (χ0n) is 9.71. The number of rotatable bonds is 3. The van der Waals surface area contributed by atoms with E-state index in [1.807, 2.05) is 28.7 Å². The maximum absolute atomic E-state index is 11.1. The van der Waals surface area contributed by atoms with Crippen molar-refractivity contribution in [2.75, 3.05) is 0 Å². The first-order chi connectivity index (χ1) is 9.51. The van der Waals surface area contributed by atoms with Gasteiger partial charge in [0.25, 0.3) is 0 Å². The smallest absolute Gasteiger partial charge is 0.314 e. The van der Waals surface area contributed by atoms with E-state index in [1.54, 1.807) is 6.07 Å². The molecule has 0 aliphatic rings. The van der Waals surface area contributed by atoms with Crippen molar-refractivity contribution in [2.24, 2.45) is 0 Å². The van der Waals surface area contributed by atoms with Crippen LogP contribution in [-0.4, -0.2) is 9.91 Å². The van der Waals surface area contributed by atoms with Crippen molar-refractivity contribution in [3.63, 3.8) is 0 Å². The molecule has 8 heteroatoms. The van der Waals surface area contributed by atoms with Gasteiger partial charge in [-0.05, 0) is 34.7 Å². The second kappa shape index (κ2) is 6.02. The third-order valence-electron chi connectivity index (χ3n) is 2.26. The Kier molecular flexibility index (Phi) is 4.36. The minimum Gasteiger partial charge on any atom is -0.431 e. The third kappa shape index (κ3) is 3.15. The fourth-order valence-electron chi connectivity index (χ4n) is 1.41. The second-order valence-electron chi connectivity index (χ2n) is 3.59. The molecule has 1 heterocycles. The monoisotopic (exact) mass is 401 g/mol. The Labute approximate surface area is 132 Å². The van der Waals surface area contributed by atoms with Crippen LogP contribution in [0.5, 0.6) is 11.6 Å². The highest BCUT2D eigenvalue weighted by atomic mass is 127. The number of pyridine rings is 1. The van der Waals surface area contributed by atoms with Crippen LogP contribution in [0.1, 0.15) is 5.56 Å². The van der Waals surface area contributed by atoms with Gasteiger partial charge in [0.15, 0.2) is 0 Å². The van der Waals surface area contributed by atoms with Gasteiger partial charge in [0.2, 0.25) is 11.6 Å². The maximum Gasteiger partial charge on any atom is 0.314 e. The molecule has 2 aromatic rings. The molecule has 0 aliphatic carbocycles. The second-order valence-corrected chi connectivity index (χ2v) is 5.19. The summed E-state index contributed by atoms with van der Waals surface area (Å²) in [6.45, 7) is 0. The molecule has 0 bridgehead atoms. The van der Waals surface area contributed by atoms with Gasteiger partial charge in [0, 0.05) is 18.3 Å². The molecule has 6 nitrogen and oxygen atoms in total. The molecule has 0 fully saturated rings. The molecule has 0 aliphatic heterocycles. The van der Waals surface area contributed by atoms with E-state index >= 15 is 0 Å². The number of halogens is 2. The molecular formula is C12H5ClIN3O3. The van der Waals surface area contributed by atoms with E-state index in [4.69, 9.17) is 21.6 Å². The molecule has 0 amide bonds. The molecule has 0 saturated heterocycles. The van der Waals surface area contributed by atoms with E-state index in [2.05, 4.69) is 4.98 Å². The number of ether oxygens (including phenoxy) is 1. The van der Waals surface area contributed by atoms with Crippen molar-refractivity contribution in [1.82, 2.24) is 4.98 Å².